The molecule has 1 aromatic heterocycles. The summed E-state index contributed by atoms with van der Waals surface area (Å²) in [6.07, 6.45) is 4.42. The fourth-order valence-electron chi connectivity index (χ4n) is 3.72. The molecule has 3 N–H and O–H groups in total. The van der Waals surface area contributed by atoms with E-state index < -0.39 is 25.2 Å². The van der Waals surface area contributed by atoms with Crippen molar-refractivity contribution >= 4 is 42.8 Å². The summed E-state index contributed by atoms with van der Waals surface area (Å²) in [5.74, 6) is -0.132. The normalized spacial score (nSPS) is 14.2. The van der Waals surface area contributed by atoms with Crippen molar-refractivity contribution in [2.24, 2.45) is 0 Å². The predicted molar refractivity (Wildman–Crippen MR) is 144 cm³/mol. The number of aromatic nitrogens is 2. The van der Waals surface area contributed by atoms with Crippen molar-refractivity contribution < 1.29 is 33.1 Å². The van der Waals surface area contributed by atoms with Gasteiger partial charge in [-0.3, -0.25) is 10.1 Å². The van der Waals surface area contributed by atoms with Gasteiger partial charge in [-0.2, -0.15) is 0 Å². The van der Waals surface area contributed by atoms with E-state index in [0.717, 1.165) is 0 Å². The molecule has 12 nitrogen and oxygen atoms in total. The number of allylic oxidation sites excluding steroid dienone is 2. The lowest BCUT2D eigenvalue weighted by Gasteiger charge is -2.29. The molecule has 14 heteroatoms. The van der Waals surface area contributed by atoms with Gasteiger partial charge in [0.2, 0.25) is 0 Å². The summed E-state index contributed by atoms with van der Waals surface area (Å²) in [5.41, 5.74) is 1.31. The monoisotopic (exact) mass is 557 g/mol. The lowest BCUT2D eigenvalue weighted by Crippen LogP contribution is -2.36. The third-order valence-electron chi connectivity index (χ3n) is 5.56. The fourth-order valence-corrected chi connectivity index (χ4v) is 4.03. The second-order valence-electron chi connectivity index (χ2n) is 8.12. The van der Waals surface area contributed by atoms with Gasteiger partial charge in [0.25, 0.3) is 0 Å². The number of nitro groups is 1. The molecule has 39 heavy (non-hydrogen) atoms. The Kier molecular flexibility index (Phi) is 8.99. The molecule has 0 unspecified atom stereocenters. The standard InChI is InChI=1S/C25H25FN5O7P/c1-3-18(37-16(2)31(32)33)8-9-24-28-22-15-21(26)23(30-10-12-36-13-11-30)14-20(22)25(29-24)27-17-4-6-19(7-5-17)38-39(34)35/h3-9,14-15,34-35H,2,10-13H2,1H3,(H,27,28,29)/b9-8+,18-3-. The number of anilines is 3. The number of benzene rings is 2. The van der Waals surface area contributed by atoms with E-state index in [2.05, 4.69) is 21.9 Å². The van der Waals surface area contributed by atoms with Crippen LogP contribution in [0.15, 0.2) is 66.8 Å². The highest BCUT2D eigenvalue weighted by molar-refractivity contribution is 7.39. The van der Waals surface area contributed by atoms with Gasteiger partial charge in [-0.1, -0.05) is 0 Å². The van der Waals surface area contributed by atoms with E-state index in [1.807, 2.05) is 4.90 Å². The van der Waals surface area contributed by atoms with Crippen molar-refractivity contribution in [3.8, 4) is 5.75 Å². The van der Waals surface area contributed by atoms with E-state index in [9.17, 15) is 10.1 Å². The summed E-state index contributed by atoms with van der Waals surface area (Å²) in [4.78, 5) is 39.2. The first-order chi connectivity index (χ1) is 18.7. The Balaban J connectivity index is 1.73. The van der Waals surface area contributed by atoms with E-state index in [-0.39, 0.29) is 17.3 Å². The number of nitrogens with zero attached hydrogens (tertiary/aromatic N) is 4. The van der Waals surface area contributed by atoms with Crippen LogP contribution in [0, 0.1) is 15.9 Å². The Labute approximate surface area is 223 Å². The van der Waals surface area contributed by atoms with Crippen molar-refractivity contribution in [2.75, 3.05) is 36.5 Å². The van der Waals surface area contributed by atoms with Gasteiger partial charge in [-0.05, 0) is 55.5 Å². The van der Waals surface area contributed by atoms with Gasteiger partial charge < -0.3 is 34.0 Å². The molecule has 4 rings (SSSR count). The van der Waals surface area contributed by atoms with Crippen molar-refractivity contribution in [1.29, 1.82) is 0 Å². The molecule has 3 aromatic rings. The lowest BCUT2D eigenvalue weighted by atomic mass is 10.1. The van der Waals surface area contributed by atoms with Crippen LogP contribution in [0.5, 0.6) is 5.75 Å². The van der Waals surface area contributed by atoms with Crippen LogP contribution < -0.4 is 14.7 Å². The molecule has 2 heterocycles. The molecule has 2 aromatic carbocycles. The number of hydrogen-bond donors (Lipinski definition) is 3. The first kappa shape index (κ1) is 27.9. The number of rotatable bonds is 10. The van der Waals surface area contributed by atoms with E-state index >= 15 is 4.39 Å². The minimum atomic E-state index is -2.55. The Morgan fingerprint density at radius 3 is 2.62 bits per heavy atom. The minimum Gasteiger partial charge on any atom is -0.427 e. The number of hydrogen-bond acceptors (Lipinski definition) is 11. The molecule has 0 bridgehead atoms. The maximum absolute atomic E-state index is 15.2. The van der Waals surface area contributed by atoms with Crippen LogP contribution in [0.3, 0.4) is 0 Å². The van der Waals surface area contributed by atoms with Gasteiger partial charge in [-0.15, -0.1) is 0 Å². The maximum atomic E-state index is 15.2. The summed E-state index contributed by atoms with van der Waals surface area (Å²) in [6, 6.07) is 9.40. The number of halogens is 1. The molecule has 0 saturated carbocycles. The highest BCUT2D eigenvalue weighted by Gasteiger charge is 2.19. The van der Waals surface area contributed by atoms with Crippen LogP contribution in [-0.4, -0.2) is 51.0 Å². The topological polar surface area (TPSA) is 152 Å². The first-order valence-electron chi connectivity index (χ1n) is 11.7. The van der Waals surface area contributed by atoms with E-state index in [4.69, 9.17) is 23.8 Å². The van der Waals surface area contributed by atoms with Gasteiger partial charge in [-0.25, -0.2) is 14.4 Å². The summed E-state index contributed by atoms with van der Waals surface area (Å²) in [5, 5.41) is 14.6. The first-order valence-corrected chi connectivity index (χ1v) is 12.8. The Hall–Kier alpha value is -4.16. The predicted octanol–water partition coefficient (Wildman–Crippen LogP) is 4.62. The lowest BCUT2D eigenvalue weighted by molar-refractivity contribution is -0.458. The molecule has 1 saturated heterocycles. The Morgan fingerprint density at radius 1 is 1.26 bits per heavy atom. The van der Waals surface area contributed by atoms with Crippen molar-refractivity contribution in [3.63, 3.8) is 0 Å². The molecule has 0 radical (unpaired) electrons. The van der Waals surface area contributed by atoms with Crippen LogP contribution >= 0.6 is 8.60 Å². The summed E-state index contributed by atoms with van der Waals surface area (Å²) >= 11 is 0. The quantitative estimate of drug-likeness (QED) is 0.105. The number of fused-ring (bicyclic) bond motifs is 1. The van der Waals surface area contributed by atoms with E-state index in [1.54, 1.807) is 37.3 Å². The molecule has 0 amide bonds. The zero-order valence-electron chi connectivity index (χ0n) is 20.8. The average Bonchev–Trinajstić information content (AvgIpc) is 2.91. The Morgan fingerprint density at radius 2 is 1.97 bits per heavy atom. The van der Waals surface area contributed by atoms with Crippen LogP contribution in [0.25, 0.3) is 17.0 Å². The van der Waals surface area contributed by atoms with Crippen LogP contribution in [0.1, 0.15) is 12.7 Å². The molecule has 0 spiro atoms. The van der Waals surface area contributed by atoms with Crippen LogP contribution in [0.4, 0.5) is 21.6 Å². The van der Waals surface area contributed by atoms with E-state index in [0.29, 0.717) is 54.4 Å². The van der Waals surface area contributed by atoms with Crippen molar-refractivity contribution in [1.82, 2.24) is 9.97 Å². The number of ether oxygens (including phenoxy) is 2. The molecule has 204 valence electrons. The van der Waals surface area contributed by atoms with Crippen LogP contribution in [0.2, 0.25) is 0 Å². The van der Waals surface area contributed by atoms with Crippen molar-refractivity contribution in [3.05, 3.63) is 88.5 Å². The fraction of sp³-hybridized carbons (Fsp3) is 0.200. The minimum absolute atomic E-state index is 0.145. The molecular formula is C25H25FN5O7P. The van der Waals surface area contributed by atoms with Crippen LogP contribution in [-0.2, 0) is 9.47 Å². The van der Waals surface area contributed by atoms with Gasteiger partial charge in [0, 0.05) is 36.8 Å². The average molecular weight is 557 g/mol. The number of morpholine rings is 1. The number of nitrogens with one attached hydrogen (secondary N) is 1. The Bertz CT molecular complexity index is 1430. The van der Waals surface area contributed by atoms with Gasteiger partial charge >= 0.3 is 14.5 Å². The SMILES string of the molecule is C=C(OC(=C\C)/C=C/c1nc(Nc2ccc(OP(O)O)cc2)c2cc(N3CCOCC3)c(F)cc2n1)[N+](=O)[O-]. The molecule has 1 aliphatic heterocycles. The third kappa shape index (κ3) is 7.24. The smallest absolute Gasteiger partial charge is 0.426 e. The molecule has 1 fully saturated rings. The van der Waals surface area contributed by atoms with Gasteiger partial charge in [0.15, 0.2) is 5.82 Å². The molecule has 1 aliphatic rings. The highest BCUT2D eigenvalue weighted by atomic mass is 31.2. The zero-order valence-corrected chi connectivity index (χ0v) is 21.7. The summed E-state index contributed by atoms with van der Waals surface area (Å²) in [7, 11) is -2.55. The second-order valence-corrected chi connectivity index (χ2v) is 8.81. The largest absolute Gasteiger partial charge is 0.427 e. The van der Waals surface area contributed by atoms with E-state index in [1.165, 1.54) is 24.3 Å². The van der Waals surface area contributed by atoms with Gasteiger partial charge in [0.05, 0.1) is 24.4 Å². The summed E-state index contributed by atoms with van der Waals surface area (Å²) in [6.45, 7) is 6.93. The summed E-state index contributed by atoms with van der Waals surface area (Å²) < 4.78 is 30.6. The molecule has 0 aliphatic carbocycles. The third-order valence-corrected chi connectivity index (χ3v) is 5.93. The zero-order chi connectivity index (χ0) is 27.9. The maximum Gasteiger partial charge on any atom is 0.426 e. The highest BCUT2D eigenvalue weighted by Crippen LogP contribution is 2.33. The second kappa shape index (κ2) is 12.6. The van der Waals surface area contributed by atoms with Gasteiger partial charge in [0.1, 0.15) is 28.1 Å². The molecular weight excluding hydrogens is 532 g/mol. The van der Waals surface area contributed by atoms with Crippen molar-refractivity contribution in [2.45, 2.75) is 6.92 Å². The molecule has 0 atom stereocenters.